The van der Waals surface area contributed by atoms with E-state index in [4.69, 9.17) is 0 Å². The smallest absolute Gasteiger partial charge is 0.336 e. The fraction of sp³-hybridized carbons (Fsp3) is 0.0968. The maximum atomic E-state index is 13.1. The highest BCUT2D eigenvalue weighted by Gasteiger charge is 2.18. The van der Waals surface area contributed by atoms with Gasteiger partial charge in [-0.3, -0.25) is 9.59 Å². The molecule has 0 aliphatic heterocycles. The highest BCUT2D eigenvalue weighted by molar-refractivity contribution is 8.00. The molecule has 0 fully saturated rings. The Hall–Kier alpha value is -4.47. The second kappa shape index (κ2) is 11.7. The molecule has 1 aromatic heterocycles. The van der Waals surface area contributed by atoms with Gasteiger partial charge in [0.05, 0.1) is 16.5 Å². The predicted octanol–water partition coefficient (Wildman–Crippen LogP) is 7.34. The molecule has 1 heterocycles. The van der Waals surface area contributed by atoms with Crippen LogP contribution in [0.25, 0.3) is 22.0 Å². The quantitative estimate of drug-likeness (QED) is 0.169. The van der Waals surface area contributed by atoms with E-state index in [9.17, 15) is 19.5 Å². The highest BCUT2D eigenvalue weighted by Crippen LogP contribution is 2.29. The minimum Gasteiger partial charge on any atom is -0.478 e. The van der Waals surface area contributed by atoms with Crippen molar-refractivity contribution in [2.24, 2.45) is 0 Å². The van der Waals surface area contributed by atoms with Crippen LogP contribution in [0.15, 0.2) is 95.2 Å². The summed E-state index contributed by atoms with van der Waals surface area (Å²) in [6.45, 7) is 3.86. The molecule has 5 aromatic rings. The largest absolute Gasteiger partial charge is 0.478 e. The Morgan fingerprint density at radius 3 is 2.23 bits per heavy atom. The van der Waals surface area contributed by atoms with Crippen LogP contribution in [0.5, 0.6) is 0 Å². The zero-order valence-electron chi connectivity index (χ0n) is 21.7. The van der Waals surface area contributed by atoms with Crippen LogP contribution >= 0.6 is 23.1 Å². The van der Waals surface area contributed by atoms with Gasteiger partial charge in [-0.25, -0.2) is 9.78 Å². The topological polar surface area (TPSA) is 108 Å². The molecule has 200 valence electrons. The van der Waals surface area contributed by atoms with Crippen LogP contribution in [-0.4, -0.2) is 33.1 Å². The predicted molar refractivity (Wildman–Crippen MR) is 162 cm³/mol. The summed E-state index contributed by atoms with van der Waals surface area (Å²) >= 11 is 2.78. The van der Waals surface area contributed by atoms with Crippen molar-refractivity contribution >= 4 is 62.5 Å². The molecule has 40 heavy (non-hydrogen) atoms. The number of nitrogens with one attached hydrogen (secondary N) is 2. The van der Waals surface area contributed by atoms with Gasteiger partial charge in [-0.2, -0.15) is 0 Å². The molecule has 2 amide bonds. The van der Waals surface area contributed by atoms with Crippen LogP contribution in [-0.2, 0) is 4.79 Å². The summed E-state index contributed by atoms with van der Waals surface area (Å²) in [5.74, 6) is -1.65. The molecule has 9 heteroatoms. The van der Waals surface area contributed by atoms with Crippen molar-refractivity contribution in [3.63, 3.8) is 0 Å². The van der Waals surface area contributed by atoms with E-state index in [1.807, 2.05) is 55.6 Å². The number of carboxylic acid groups (broad SMARTS) is 1. The molecule has 1 atom stereocenters. The molecule has 7 nitrogen and oxygen atoms in total. The van der Waals surface area contributed by atoms with E-state index in [2.05, 4.69) is 15.6 Å². The molecule has 1 unspecified atom stereocenters. The SMILES string of the molecule is Cc1ccc(-c2csc(NC(=O)C(C)Sc3ccc(NC(=O)c4cccc5cccc(C(=O)O)c45)cc3)n2)cc1. The van der Waals surface area contributed by atoms with Gasteiger partial charge in [0.25, 0.3) is 5.91 Å². The molecule has 0 spiro atoms. The number of thioether (sulfide) groups is 1. The van der Waals surface area contributed by atoms with Gasteiger partial charge in [-0.05, 0) is 55.6 Å². The Balaban J connectivity index is 1.21. The van der Waals surface area contributed by atoms with Crippen LogP contribution in [0, 0.1) is 6.92 Å². The molecular weight excluding hydrogens is 542 g/mol. The number of nitrogens with zero attached hydrogens (tertiary/aromatic N) is 1. The van der Waals surface area contributed by atoms with Crippen molar-refractivity contribution in [3.05, 3.63) is 107 Å². The van der Waals surface area contributed by atoms with Gasteiger partial charge in [-0.15, -0.1) is 23.1 Å². The number of hydrogen-bond donors (Lipinski definition) is 3. The lowest BCUT2D eigenvalue weighted by molar-refractivity contribution is -0.115. The maximum absolute atomic E-state index is 13.1. The number of carbonyl (C=O) groups excluding carboxylic acids is 2. The van der Waals surface area contributed by atoms with Crippen molar-refractivity contribution in [1.29, 1.82) is 0 Å². The molecule has 3 N–H and O–H groups in total. The number of carbonyl (C=O) groups is 3. The molecule has 0 radical (unpaired) electrons. The van der Waals surface area contributed by atoms with E-state index >= 15 is 0 Å². The molecule has 0 aliphatic carbocycles. The summed E-state index contributed by atoms with van der Waals surface area (Å²) in [6.07, 6.45) is 0. The number of amides is 2. The molecule has 0 saturated heterocycles. The average Bonchev–Trinajstić information content (AvgIpc) is 3.42. The fourth-order valence-electron chi connectivity index (χ4n) is 4.18. The first-order chi connectivity index (χ1) is 19.3. The number of benzene rings is 4. The summed E-state index contributed by atoms with van der Waals surface area (Å²) in [5.41, 5.74) is 3.91. The van der Waals surface area contributed by atoms with Crippen LogP contribution in [0.3, 0.4) is 0 Å². The lowest BCUT2D eigenvalue weighted by Gasteiger charge is -2.12. The van der Waals surface area contributed by atoms with Gasteiger partial charge >= 0.3 is 5.97 Å². The molecule has 0 saturated carbocycles. The van der Waals surface area contributed by atoms with Crippen molar-refractivity contribution in [3.8, 4) is 11.3 Å². The van der Waals surface area contributed by atoms with E-state index in [0.717, 1.165) is 16.2 Å². The van der Waals surface area contributed by atoms with Gasteiger partial charge in [0.2, 0.25) is 5.91 Å². The zero-order chi connectivity index (χ0) is 28.2. The molecular formula is C31H25N3O4S2. The van der Waals surface area contributed by atoms with Gasteiger partial charge in [-0.1, -0.05) is 54.1 Å². The lowest BCUT2D eigenvalue weighted by atomic mass is 9.98. The Labute approximate surface area is 239 Å². The second-order valence-corrected chi connectivity index (χ2v) is 11.4. The second-order valence-electron chi connectivity index (χ2n) is 9.15. The van der Waals surface area contributed by atoms with Crippen molar-refractivity contribution in [1.82, 2.24) is 4.98 Å². The monoisotopic (exact) mass is 567 g/mol. The van der Waals surface area contributed by atoms with Crippen LogP contribution in [0.4, 0.5) is 10.8 Å². The van der Waals surface area contributed by atoms with E-state index in [0.29, 0.717) is 21.6 Å². The number of aromatic carboxylic acids is 1. The number of aromatic nitrogens is 1. The number of anilines is 2. The van der Waals surface area contributed by atoms with Gasteiger partial charge in [0, 0.05) is 32.5 Å². The van der Waals surface area contributed by atoms with Crippen LogP contribution < -0.4 is 10.6 Å². The number of hydrogen-bond acceptors (Lipinski definition) is 6. The van der Waals surface area contributed by atoms with Gasteiger partial charge in [0.1, 0.15) is 0 Å². The summed E-state index contributed by atoms with van der Waals surface area (Å²) < 4.78 is 0. The van der Waals surface area contributed by atoms with Crippen LogP contribution in [0.1, 0.15) is 33.2 Å². The third kappa shape index (κ3) is 6.06. The van der Waals surface area contributed by atoms with Gasteiger partial charge in [0.15, 0.2) is 5.13 Å². The van der Waals surface area contributed by atoms with Crippen LogP contribution in [0.2, 0.25) is 0 Å². The molecule has 0 aliphatic rings. The van der Waals surface area contributed by atoms with E-state index < -0.39 is 11.9 Å². The van der Waals surface area contributed by atoms with E-state index in [1.54, 1.807) is 42.5 Å². The first kappa shape index (κ1) is 27.1. The average molecular weight is 568 g/mol. The number of carboxylic acids is 1. The third-order valence-electron chi connectivity index (χ3n) is 6.26. The fourth-order valence-corrected chi connectivity index (χ4v) is 5.77. The minimum absolute atomic E-state index is 0.0754. The normalized spacial score (nSPS) is 11.7. The number of thiazole rings is 1. The van der Waals surface area contributed by atoms with E-state index in [-0.39, 0.29) is 22.3 Å². The minimum atomic E-state index is -1.09. The van der Waals surface area contributed by atoms with Crippen molar-refractivity contribution in [2.45, 2.75) is 24.0 Å². The number of fused-ring (bicyclic) bond motifs is 1. The van der Waals surface area contributed by atoms with Crippen molar-refractivity contribution in [2.75, 3.05) is 10.6 Å². The molecule has 5 rings (SSSR count). The Bertz CT molecular complexity index is 1710. The zero-order valence-corrected chi connectivity index (χ0v) is 23.3. The number of aryl methyl sites for hydroxylation is 1. The van der Waals surface area contributed by atoms with E-state index in [1.165, 1.54) is 34.7 Å². The first-order valence-corrected chi connectivity index (χ1v) is 14.2. The molecule has 4 aromatic carbocycles. The summed E-state index contributed by atoms with van der Waals surface area (Å²) in [6, 6.07) is 25.3. The van der Waals surface area contributed by atoms with Gasteiger partial charge < -0.3 is 15.7 Å². The summed E-state index contributed by atoms with van der Waals surface area (Å²) in [7, 11) is 0. The summed E-state index contributed by atoms with van der Waals surface area (Å²) in [5, 5.41) is 18.5. The Morgan fingerprint density at radius 2 is 1.55 bits per heavy atom. The molecule has 0 bridgehead atoms. The Kier molecular flexibility index (Phi) is 7.95. The summed E-state index contributed by atoms with van der Waals surface area (Å²) in [4.78, 5) is 43.0. The first-order valence-electron chi connectivity index (χ1n) is 12.4. The maximum Gasteiger partial charge on any atom is 0.336 e. The lowest BCUT2D eigenvalue weighted by Crippen LogP contribution is -2.22. The van der Waals surface area contributed by atoms with Crippen molar-refractivity contribution < 1.29 is 19.5 Å². The Morgan fingerprint density at radius 1 is 0.875 bits per heavy atom. The standard InChI is InChI=1S/C31H25N3O4S2/c1-18-9-11-20(12-10-18)26-17-39-31(33-26)34-28(35)19(2)40-23-15-13-22(14-16-23)32-29(36)24-7-3-5-21-6-4-8-25(27(21)24)30(37)38/h3-17,19H,1-2H3,(H,32,36)(H,37,38)(H,33,34,35). The highest BCUT2D eigenvalue weighted by atomic mass is 32.2. The third-order valence-corrected chi connectivity index (χ3v) is 8.13. The number of rotatable bonds is 8.